The molecule has 0 amide bonds. The molecule has 0 saturated carbocycles. The molecule has 0 radical (unpaired) electrons. The molecule has 3 nitrogen and oxygen atoms in total. The summed E-state index contributed by atoms with van der Waals surface area (Å²) in [6, 6.07) is 0. The van der Waals surface area contributed by atoms with Gasteiger partial charge in [-0.3, -0.25) is 4.57 Å². The normalized spacial score (nSPS) is 17.0. The lowest BCUT2D eigenvalue weighted by atomic mass is 11.0. The zero-order valence-electron chi connectivity index (χ0n) is 4.51. The van der Waals surface area contributed by atoms with Gasteiger partial charge >= 0.3 is 0 Å². The molecule has 0 heterocycles. The van der Waals surface area contributed by atoms with Gasteiger partial charge in [-0.2, -0.15) is 0 Å². The Hall–Kier alpha value is 0.150. The van der Waals surface area contributed by atoms with Gasteiger partial charge in [-0.15, -0.1) is 0 Å². The van der Waals surface area contributed by atoms with Crippen molar-refractivity contribution in [2.45, 2.75) is 6.92 Å². The maximum Gasteiger partial charge on any atom is 0.197 e. The summed E-state index contributed by atoms with van der Waals surface area (Å²) < 4.78 is 10.1. The molecule has 0 aliphatic heterocycles. The minimum atomic E-state index is -2.65. The van der Waals surface area contributed by atoms with Crippen LogP contribution < -0.4 is 0 Å². The Bertz CT molecular complexity index is 74.2. The van der Waals surface area contributed by atoms with E-state index in [-0.39, 0.29) is 5.48 Å². The van der Waals surface area contributed by atoms with E-state index < -0.39 is 7.37 Å². The van der Waals surface area contributed by atoms with Crippen molar-refractivity contribution in [1.82, 2.24) is 0 Å². The van der Waals surface area contributed by atoms with Gasteiger partial charge in [0.15, 0.2) is 7.37 Å². The monoisotopic (exact) mass is 126 g/mol. The first-order valence-electron chi connectivity index (χ1n) is 1.85. The van der Waals surface area contributed by atoms with Gasteiger partial charge in [0.05, 0.1) is 0 Å². The molecule has 0 aromatic heterocycles. The van der Waals surface area contributed by atoms with E-state index in [4.69, 9.17) is 4.89 Å². The summed E-state index contributed by atoms with van der Waals surface area (Å²) in [5.41, 5.74) is 0. The zero-order valence-corrected chi connectivity index (χ0v) is 5.40. The van der Waals surface area contributed by atoms with Crippen LogP contribution in [-0.4, -0.2) is 23.2 Å². The fourth-order valence-electron chi connectivity index (χ4n) is 0. The van der Waals surface area contributed by atoms with Gasteiger partial charge in [-0.05, 0) is 0 Å². The first-order chi connectivity index (χ1) is 2.56. The predicted molar refractivity (Wildman–Crippen MR) is 29.9 cm³/mol. The molecule has 46 valence electrons. The summed E-state index contributed by atoms with van der Waals surface area (Å²) in [4.78, 5) is 8.38. The molecule has 1 atom stereocenters. The summed E-state index contributed by atoms with van der Waals surface area (Å²) in [7, 11) is -2.65. The third-order valence-electron chi connectivity index (χ3n) is 0.587. The summed E-state index contributed by atoms with van der Waals surface area (Å²) >= 11 is 0. The SMILES string of the molecule is CCP(C)(=O)O.O. The molecule has 0 aromatic rings. The summed E-state index contributed by atoms with van der Waals surface area (Å²) in [6.45, 7) is 3.05. The first kappa shape index (κ1) is 10.2. The van der Waals surface area contributed by atoms with Crippen molar-refractivity contribution in [3.63, 3.8) is 0 Å². The van der Waals surface area contributed by atoms with Crippen LogP contribution in [0.2, 0.25) is 0 Å². The summed E-state index contributed by atoms with van der Waals surface area (Å²) in [6.07, 6.45) is 0.382. The van der Waals surface area contributed by atoms with E-state index in [9.17, 15) is 4.57 Å². The number of hydrogen-bond donors (Lipinski definition) is 1. The average molecular weight is 126 g/mol. The fourth-order valence-corrected chi connectivity index (χ4v) is 0. The second-order valence-electron chi connectivity index (χ2n) is 1.37. The molecule has 4 heteroatoms. The second kappa shape index (κ2) is 3.19. The van der Waals surface area contributed by atoms with Gasteiger partial charge in [0.1, 0.15) is 0 Å². The van der Waals surface area contributed by atoms with Crippen LogP contribution in [0.5, 0.6) is 0 Å². The smallest absolute Gasteiger partial charge is 0.197 e. The molecular weight excluding hydrogens is 115 g/mol. The van der Waals surface area contributed by atoms with Crippen LogP contribution in [0, 0.1) is 0 Å². The topological polar surface area (TPSA) is 68.8 Å². The molecule has 3 N–H and O–H groups in total. The lowest BCUT2D eigenvalue weighted by molar-refractivity contribution is 0.486. The predicted octanol–water partition coefficient (Wildman–Crippen LogP) is 0.0818. The Morgan fingerprint density at radius 3 is 1.86 bits per heavy atom. The van der Waals surface area contributed by atoms with Gasteiger partial charge in [-0.1, -0.05) is 6.92 Å². The Morgan fingerprint density at radius 2 is 1.86 bits per heavy atom. The van der Waals surface area contributed by atoms with E-state index in [1.54, 1.807) is 6.92 Å². The number of hydrogen-bond acceptors (Lipinski definition) is 1. The maximum absolute atomic E-state index is 10.1. The van der Waals surface area contributed by atoms with Crippen LogP contribution in [0.25, 0.3) is 0 Å². The van der Waals surface area contributed by atoms with E-state index in [0.717, 1.165) is 0 Å². The highest BCUT2D eigenvalue weighted by molar-refractivity contribution is 7.57. The molecule has 0 spiro atoms. The molecular formula is C3H11O3P. The van der Waals surface area contributed by atoms with Crippen LogP contribution in [0.3, 0.4) is 0 Å². The Kier molecular flexibility index (Phi) is 4.65. The van der Waals surface area contributed by atoms with Crippen molar-refractivity contribution in [3.05, 3.63) is 0 Å². The van der Waals surface area contributed by atoms with Gasteiger partial charge < -0.3 is 10.4 Å². The van der Waals surface area contributed by atoms with Gasteiger partial charge in [0, 0.05) is 12.8 Å². The molecule has 0 rings (SSSR count). The lowest BCUT2D eigenvalue weighted by Crippen LogP contribution is -1.75. The molecule has 0 fully saturated rings. The highest BCUT2D eigenvalue weighted by Gasteiger charge is 2.01. The molecule has 0 bridgehead atoms. The molecule has 7 heavy (non-hydrogen) atoms. The quantitative estimate of drug-likeness (QED) is 0.505. The van der Waals surface area contributed by atoms with Crippen molar-refractivity contribution in [3.8, 4) is 0 Å². The van der Waals surface area contributed by atoms with E-state index in [1.807, 2.05) is 0 Å². The second-order valence-corrected chi connectivity index (χ2v) is 4.10. The Labute approximate surface area is 43.1 Å². The molecule has 0 aromatic carbocycles. The summed E-state index contributed by atoms with van der Waals surface area (Å²) in [5.74, 6) is 0. The number of rotatable bonds is 1. The summed E-state index contributed by atoms with van der Waals surface area (Å²) in [5, 5.41) is 0. The molecule has 1 unspecified atom stereocenters. The average Bonchev–Trinajstić information content (AvgIpc) is 1.35. The third-order valence-corrected chi connectivity index (χ3v) is 1.76. The first-order valence-corrected chi connectivity index (χ1v) is 4.15. The molecule has 0 aliphatic rings. The highest BCUT2D eigenvalue weighted by atomic mass is 31.2. The van der Waals surface area contributed by atoms with Crippen molar-refractivity contribution in [2.24, 2.45) is 0 Å². The van der Waals surface area contributed by atoms with Crippen molar-refractivity contribution in [2.75, 3.05) is 12.8 Å². The van der Waals surface area contributed by atoms with Crippen LogP contribution >= 0.6 is 7.37 Å². The Balaban J connectivity index is 0. The standard InChI is InChI=1S/C3H9O2P.H2O/c1-3-6(2,4)5;/h3H2,1-2H3,(H,4,5);1H2. The minimum Gasteiger partial charge on any atom is -0.412 e. The van der Waals surface area contributed by atoms with Crippen molar-refractivity contribution < 1.29 is 14.9 Å². The van der Waals surface area contributed by atoms with E-state index in [2.05, 4.69) is 0 Å². The minimum absolute atomic E-state index is 0. The van der Waals surface area contributed by atoms with Crippen LogP contribution in [-0.2, 0) is 4.57 Å². The van der Waals surface area contributed by atoms with Crippen LogP contribution in [0.1, 0.15) is 6.92 Å². The third kappa shape index (κ3) is 10.7. The van der Waals surface area contributed by atoms with Gasteiger partial charge in [-0.25, -0.2) is 0 Å². The van der Waals surface area contributed by atoms with Crippen LogP contribution in [0.15, 0.2) is 0 Å². The largest absolute Gasteiger partial charge is 0.412 e. The van der Waals surface area contributed by atoms with Crippen molar-refractivity contribution in [1.29, 1.82) is 0 Å². The van der Waals surface area contributed by atoms with E-state index >= 15 is 0 Å². The Morgan fingerprint density at radius 1 is 1.71 bits per heavy atom. The van der Waals surface area contributed by atoms with E-state index in [1.165, 1.54) is 6.66 Å². The zero-order chi connectivity index (χ0) is 5.21. The van der Waals surface area contributed by atoms with Gasteiger partial charge in [0.2, 0.25) is 0 Å². The lowest BCUT2D eigenvalue weighted by Gasteiger charge is -1.94. The molecule has 0 aliphatic carbocycles. The van der Waals surface area contributed by atoms with E-state index in [0.29, 0.717) is 6.16 Å². The maximum atomic E-state index is 10.1. The van der Waals surface area contributed by atoms with Crippen LogP contribution in [0.4, 0.5) is 0 Å². The molecule has 0 saturated heterocycles. The van der Waals surface area contributed by atoms with Gasteiger partial charge in [0.25, 0.3) is 0 Å². The van der Waals surface area contributed by atoms with Crippen molar-refractivity contribution >= 4 is 7.37 Å². The highest BCUT2D eigenvalue weighted by Crippen LogP contribution is 2.33. The fraction of sp³-hybridized carbons (Fsp3) is 1.00.